The lowest BCUT2D eigenvalue weighted by molar-refractivity contribution is 0.407. The number of nitrogens with zero attached hydrogens (tertiary/aromatic N) is 1. The van der Waals surface area contributed by atoms with Gasteiger partial charge in [-0.1, -0.05) is 18.2 Å². The van der Waals surface area contributed by atoms with Gasteiger partial charge in [-0.3, -0.25) is 4.99 Å². The Balaban J connectivity index is 2.21. The van der Waals surface area contributed by atoms with Crippen molar-refractivity contribution in [2.45, 2.75) is 13.5 Å². The van der Waals surface area contributed by atoms with Crippen LogP contribution in [0, 0.1) is 0 Å². The molecule has 0 amide bonds. The molecule has 0 bridgehead atoms. The molecule has 2 aromatic carbocycles. The first-order chi connectivity index (χ1) is 9.61. The van der Waals surface area contributed by atoms with Crippen LogP contribution in [-0.2, 0) is 6.54 Å². The Morgan fingerprint density at radius 3 is 2.65 bits per heavy atom. The first kappa shape index (κ1) is 13.9. The molecule has 4 heteroatoms. The number of nitrogens with two attached hydrogens (primary N) is 1. The maximum absolute atomic E-state index is 9.96. The summed E-state index contributed by atoms with van der Waals surface area (Å²) in [5, 5.41) is 9.96. The van der Waals surface area contributed by atoms with Crippen LogP contribution in [-0.4, -0.2) is 17.9 Å². The second-order valence-electron chi connectivity index (χ2n) is 4.48. The molecular weight excluding hydrogens is 252 g/mol. The zero-order chi connectivity index (χ0) is 14.5. The summed E-state index contributed by atoms with van der Waals surface area (Å²) < 4.78 is 5.06. The van der Waals surface area contributed by atoms with Crippen molar-refractivity contribution in [2.75, 3.05) is 12.8 Å². The molecule has 0 saturated heterocycles. The zero-order valence-corrected chi connectivity index (χ0v) is 11.6. The fraction of sp³-hybridized carbons (Fsp3) is 0.188. The Labute approximate surface area is 118 Å². The van der Waals surface area contributed by atoms with Crippen molar-refractivity contribution in [2.24, 2.45) is 4.99 Å². The number of aromatic hydroxyl groups is 1. The fourth-order valence-electron chi connectivity index (χ4n) is 1.91. The number of aliphatic imine (C=N–C) groups is 1. The van der Waals surface area contributed by atoms with Gasteiger partial charge in [0.1, 0.15) is 11.5 Å². The lowest BCUT2D eigenvalue weighted by Gasteiger charge is -2.07. The molecule has 4 nitrogen and oxygen atoms in total. The van der Waals surface area contributed by atoms with E-state index >= 15 is 0 Å². The molecule has 0 aromatic heterocycles. The normalized spacial score (nSPS) is 11.4. The SMILES string of the molecule is COc1ccc(C(C)=NCc2ccccc2N)c(O)c1. The van der Waals surface area contributed by atoms with E-state index in [0.717, 1.165) is 17.0 Å². The predicted molar refractivity (Wildman–Crippen MR) is 81.4 cm³/mol. The van der Waals surface area contributed by atoms with Gasteiger partial charge in [-0.05, 0) is 30.7 Å². The van der Waals surface area contributed by atoms with Crippen LogP contribution in [0.25, 0.3) is 0 Å². The van der Waals surface area contributed by atoms with Crippen LogP contribution in [0.4, 0.5) is 5.69 Å². The van der Waals surface area contributed by atoms with E-state index in [2.05, 4.69) is 4.99 Å². The highest BCUT2D eigenvalue weighted by atomic mass is 16.5. The Kier molecular flexibility index (Phi) is 4.25. The van der Waals surface area contributed by atoms with Crippen molar-refractivity contribution in [3.05, 3.63) is 53.6 Å². The van der Waals surface area contributed by atoms with E-state index in [1.54, 1.807) is 25.3 Å². The molecule has 0 atom stereocenters. The van der Waals surface area contributed by atoms with E-state index in [0.29, 0.717) is 17.9 Å². The third-order valence-electron chi connectivity index (χ3n) is 3.14. The minimum atomic E-state index is 0.159. The van der Waals surface area contributed by atoms with Crippen LogP contribution in [0.1, 0.15) is 18.1 Å². The number of hydrogen-bond donors (Lipinski definition) is 2. The van der Waals surface area contributed by atoms with Crippen LogP contribution < -0.4 is 10.5 Å². The average Bonchev–Trinajstić information content (AvgIpc) is 2.46. The maximum Gasteiger partial charge on any atom is 0.128 e. The van der Waals surface area contributed by atoms with Crippen LogP contribution >= 0.6 is 0 Å². The summed E-state index contributed by atoms with van der Waals surface area (Å²) in [6.07, 6.45) is 0. The number of methoxy groups -OCH3 is 1. The number of ether oxygens (including phenoxy) is 1. The third kappa shape index (κ3) is 3.09. The van der Waals surface area contributed by atoms with Gasteiger partial charge in [-0.15, -0.1) is 0 Å². The van der Waals surface area contributed by atoms with Crippen molar-refractivity contribution >= 4 is 11.4 Å². The summed E-state index contributed by atoms with van der Waals surface area (Å²) in [5.41, 5.74) is 9.03. The lowest BCUT2D eigenvalue weighted by atomic mass is 10.1. The molecule has 0 saturated carbocycles. The molecular formula is C16H18N2O2. The minimum absolute atomic E-state index is 0.159. The number of rotatable bonds is 4. The molecule has 20 heavy (non-hydrogen) atoms. The summed E-state index contributed by atoms with van der Waals surface area (Å²) in [6.45, 7) is 2.35. The molecule has 0 aliphatic carbocycles. The molecule has 0 spiro atoms. The molecule has 2 rings (SSSR count). The maximum atomic E-state index is 9.96. The standard InChI is InChI=1S/C16H18N2O2/c1-11(14-8-7-13(20-2)9-16(14)19)18-10-12-5-3-4-6-15(12)17/h3-9,19H,10,17H2,1-2H3. The molecule has 0 radical (unpaired) electrons. The van der Waals surface area contributed by atoms with E-state index in [9.17, 15) is 5.11 Å². The van der Waals surface area contributed by atoms with Gasteiger partial charge < -0.3 is 15.6 Å². The van der Waals surface area contributed by atoms with Crippen LogP contribution in [0.5, 0.6) is 11.5 Å². The van der Waals surface area contributed by atoms with Gasteiger partial charge >= 0.3 is 0 Å². The van der Waals surface area contributed by atoms with Crippen molar-refractivity contribution < 1.29 is 9.84 Å². The Hall–Kier alpha value is -2.49. The fourth-order valence-corrected chi connectivity index (χ4v) is 1.91. The summed E-state index contributed by atoms with van der Waals surface area (Å²) in [4.78, 5) is 4.48. The van der Waals surface area contributed by atoms with E-state index in [1.807, 2.05) is 31.2 Å². The summed E-state index contributed by atoms with van der Waals surface area (Å²) in [7, 11) is 1.56. The van der Waals surface area contributed by atoms with E-state index < -0.39 is 0 Å². The molecule has 0 unspecified atom stereocenters. The van der Waals surface area contributed by atoms with Gasteiger partial charge in [0.05, 0.1) is 13.7 Å². The first-order valence-corrected chi connectivity index (χ1v) is 6.33. The van der Waals surface area contributed by atoms with Crippen LogP contribution in [0.15, 0.2) is 47.5 Å². The van der Waals surface area contributed by atoms with Crippen LogP contribution in [0.3, 0.4) is 0 Å². The topological polar surface area (TPSA) is 67.8 Å². The quantitative estimate of drug-likeness (QED) is 0.663. The largest absolute Gasteiger partial charge is 0.507 e. The Bertz CT molecular complexity index is 636. The molecule has 0 aliphatic rings. The molecule has 0 fully saturated rings. The van der Waals surface area contributed by atoms with Gasteiger partial charge in [-0.2, -0.15) is 0 Å². The van der Waals surface area contributed by atoms with Crippen molar-refractivity contribution in [3.63, 3.8) is 0 Å². The average molecular weight is 270 g/mol. The number of phenols is 1. The molecule has 3 N–H and O–H groups in total. The van der Waals surface area contributed by atoms with Gasteiger partial charge in [0.15, 0.2) is 0 Å². The second kappa shape index (κ2) is 6.10. The number of anilines is 1. The van der Waals surface area contributed by atoms with Crippen molar-refractivity contribution in [1.82, 2.24) is 0 Å². The lowest BCUT2D eigenvalue weighted by Crippen LogP contribution is -1.99. The highest BCUT2D eigenvalue weighted by Crippen LogP contribution is 2.24. The third-order valence-corrected chi connectivity index (χ3v) is 3.14. The molecule has 0 heterocycles. The van der Waals surface area contributed by atoms with Gasteiger partial charge in [0.2, 0.25) is 0 Å². The smallest absolute Gasteiger partial charge is 0.128 e. The summed E-state index contributed by atoms with van der Waals surface area (Å²) in [5.74, 6) is 0.776. The highest BCUT2D eigenvalue weighted by Gasteiger charge is 2.06. The second-order valence-corrected chi connectivity index (χ2v) is 4.48. The minimum Gasteiger partial charge on any atom is -0.507 e. The number of benzene rings is 2. The van der Waals surface area contributed by atoms with E-state index in [4.69, 9.17) is 10.5 Å². The Morgan fingerprint density at radius 2 is 2.00 bits per heavy atom. The summed E-state index contributed by atoms with van der Waals surface area (Å²) in [6, 6.07) is 12.8. The van der Waals surface area contributed by atoms with E-state index in [-0.39, 0.29) is 5.75 Å². The number of para-hydroxylation sites is 1. The van der Waals surface area contributed by atoms with Crippen molar-refractivity contribution in [1.29, 1.82) is 0 Å². The molecule has 2 aromatic rings. The number of phenolic OH excluding ortho intramolecular Hbond substituents is 1. The predicted octanol–water partition coefficient (Wildman–Crippen LogP) is 2.99. The number of nitrogen functional groups attached to an aromatic ring is 1. The first-order valence-electron chi connectivity index (χ1n) is 6.33. The van der Waals surface area contributed by atoms with Crippen LogP contribution in [0.2, 0.25) is 0 Å². The van der Waals surface area contributed by atoms with Gasteiger partial charge in [0, 0.05) is 23.0 Å². The Morgan fingerprint density at radius 1 is 1.25 bits per heavy atom. The zero-order valence-electron chi connectivity index (χ0n) is 11.6. The van der Waals surface area contributed by atoms with Gasteiger partial charge in [-0.25, -0.2) is 0 Å². The van der Waals surface area contributed by atoms with E-state index in [1.165, 1.54) is 0 Å². The monoisotopic (exact) mass is 270 g/mol. The van der Waals surface area contributed by atoms with Gasteiger partial charge in [0.25, 0.3) is 0 Å². The molecule has 0 aliphatic heterocycles. The van der Waals surface area contributed by atoms with Crippen molar-refractivity contribution in [3.8, 4) is 11.5 Å². The number of hydrogen-bond acceptors (Lipinski definition) is 4. The highest BCUT2D eigenvalue weighted by molar-refractivity contribution is 6.01. The molecule has 104 valence electrons. The summed E-state index contributed by atoms with van der Waals surface area (Å²) >= 11 is 0.